The molecule has 0 saturated heterocycles. The van der Waals surface area contributed by atoms with Crippen molar-refractivity contribution in [3.05, 3.63) is 34.7 Å². The van der Waals surface area contributed by atoms with Gasteiger partial charge in [-0.1, -0.05) is 31.4 Å². The minimum Gasteiger partial charge on any atom is -0.383 e. The van der Waals surface area contributed by atoms with Crippen LogP contribution >= 0.6 is 11.3 Å². The zero-order valence-electron chi connectivity index (χ0n) is 12.2. The van der Waals surface area contributed by atoms with Crippen molar-refractivity contribution >= 4 is 17.0 Å². The number of nitrogens with one attached hydrogen (secondary N) is 1. The Kier molecular flexibility index (Phi) is 4.06. The molecule has 1 saturated carbocycles. The van der Waals surface area contributed by atoms with Crippen molar-refractivity contribution < 1.29 is 0 Å². The summed E-state index contributed by atoms with van der Waals surface area (Å²) in [5.74, 6) is 0.946. The maximum Gasteiger partial charge on any atom is 0.0901 e. The fourth-order valence-corrected chi connectivity index (χ4v) is 3.46. The van der Waals surface area contributed by atoms with E-state index in [0.717, 1.165) is 16.6 Å². The lowest BCUT2D eigenvalue weighted by atomic mass is 9.81. The van der Waals surface area contributed by atoms with Crippen LogP contribution in [0.4, 0.5) is 5.69 Å². The summed E-state index contributed by atoms with van der Waals surface area (Å²) < 4.78 is 0. The third-order valence-corrected chi connectivity index (χ3v) is 4.88. The molecule has 1 atom stereocenters. The predicted molar refractivity (Wildman–Crippen MR) is 87.3 cm³/mol. The summed E-state index contributed by atoms with van der Waals surface area (Å²) in [5, 5.41) is 6.89. The van der Waals surface area contributed by atoms with Crippen molar-refractivity contribution in [2.45, 2.75) is 45.6 Å². The maximum atomic E-state index is 4.56. The molecule has 1 aromatic carbocycles. The number of hydrogen-bond donors (Lipinski definition) is 1. The van der Waals surface area contributed by atoms with E-state index in [-0.39, 0.29) is 0 Å². The molecule has 1 aromatic heterocycles. The van der Waals surface area contributed by atoms with Gasteiger partial charge in [0.05, 0.1) is 10.7 Å². The van der Waals surface area contributed by atoms with Gasteiger partial charge in [0.15, 0.2) is 0 Å². The number of thiazole rings is 1. The van der Waals surface area contributed by atoms with Gasteiger partial charge < -0.3 is 5.32 Å². The Morgan fingerprint density at radius 1 is 1.40 bits per heavy atom. The fourth-order valence-electron chi connectivity index (χ4n) is 2.84. The lowest BCUT2D eigenvalue weighted by Crippen LogP contribution is -2.23. The van der Waals surface area contributed by atoms with Gasteiger partial charge in [0.2, 0.25) is 0 Å². The van der Waals surface area contributed by atoms with E-state index in [4.69, 9.17) is 0 Å². The van der Waals surface area contributed by atoms with Gasteiger partial charge in [-0.15, -0.1) is 11.3 Å². The predicted octanol–water partition coefficient (Wildman–Crippen LogP) is 5.11. The molecule has 1 N–H and O–H groups in total. The van der Waals surface area contributed by atoms with Gasteiger partial charge in [0, 0.05) is 22.7 Å². The van der Waals surface area contributed by atoms with Crippen LogP contribution in [-0.4, -0.2) is 11.0 Å². The highest BCUT2D eigenvalue weighted by atomic mass is 32.1. The van der Waals surface area contributed by atoms with Gasteiger partial charge in [-0.3, -0.25) is 0 Å². The van der Waals surface area contributed by atoms with E-state index in [2.05, 4.69) is 53.8 Å². The maximum absolute atomic E-state index is 4.56. The third kappa shape index (κ3) is 3.21. The van der Waals surface area contributed by atoms with Crippen molar-refractivity contribution in [2.24, 2.45) is 5.92 Å². The van der Waals surface area contributed by atoms with E-state index in [1.54, 1.807) is 11.3 Å². The van der Waals surface area contributed by atoms with Crippen LogP contribution in [-0.2, 0) is 0 Å². The highest BCUT2D eigenvalue weighted by Crippen LogP contribution is 2.31. The molecule has 1 aliphatic rings. The molecule has 2 aromatic rings. The lowest BCUT2D eigenvalue weighted by molar-refractivity contribution is 0.286. The Morgan fingerprint density at radius 3 is 2.90 bits per heavy atom. The molecule has 1 heterocycles. The van der Waals surface area contributed by atoms with Crippen LogP contribution in [0.3, 0.4) is 0 Å². The molecule has 1 fully saturated rings. The first-order valence-corrected chi connectivity index (χ1v) is 8.38. The van der Waals surface area contributed by atoms with Gasteiger partial charge in [-0.25, -0.2) is 4.98 Å². The molecule has 1 aliphatic carbocycles. The van der Waals surface area contributed by atoms with E-state index in [9.17, 15) is 0 Å². The Hall–Kier alpha value is -1.35. The summed E-state index contributed by atoms with van der Waals surface area (Å²) in [7, 11) is 0. The quantitative estimate of drug-likeness (QED) is 0.826. The SMILES string of the molecule is Cc1nc(-c2cccc(NC(C)CC3CCC3)c2)cs1. The first-order valence-electron chi connectivity index (χ1n) is 7.50. The average molecular weight is 286 g/mol. The number of hydrogen-bond acceptors (Lipinski definition) is 3. The van der Waals surface area contributed by atoms with Crippen molar-refractivity contribution in [3.63, 3.8) is 0 Å². The molecule has 20 heavy (non-hydrogen) atoms. The van der Waals surface area contributed by atoms with E-state index < -0.39 is 0 Å². The van der Waals surface area contributed by atoms with Crippen molar-refractivity contribution in [1.29, 1.82) is 0 Å². The number of benzene rings is 1. The Bertz CT molecular complexity index is 572. The monoisotopic (exact) mass is 286 g/mol. The molecule has 0 bridgehead atoms. The van der Waals surface area contributed by atoms with Crippen LogP contribution in [0.25, 0.3) is 11.3 Å². The number of rotatable bonds is 5. The standard InChI is InChI=1S/C17H22N2S/c1-12(9-14-5-3-6-14)18-16-8-4-7-15(10-16)17-11-20-13(2)19-17/h4,7-8,10-12,14,18H,3,5-6,9H2,1-2H3. The summed E-state index contributed by atoms with van der Waals surface area (Å²) in [6.45, 7) is 4.34. The zero-order chi connectivity index (χ0) is 13.9. The number of anilines is 1. The van der Waals surface area contributed by atoms with Crippen LogP contribution in [0.2, 0.25) is 0 Å². The summed E-state index contributed by atoms with van der Waals surface area (Å²) in [6.07, 6.45) is 5.56. The molecule has 2 nitrogen and oxygen atoms in total. The van der Waals surface area contributed by atoms with E-state index in [0.29, 0.717) is 6.04 Å². The van der Waals surface area contributed by atoms with Gasteiger partial charge in [0.1, 0.15) is 0 Å². The molecular weight excluding hydrogens is 264 g/mol. The number of nitrogens with zero attached hydrogens (tertiary/aromatic N) is 1. The van der Waals surface area contributed by atoms with Gasteiger partial charge >= 0.3 is 0 Å². The Labute approximate surface area is 125 Å². The van der Waals surface area contributed by atoms with E-state index in [1.165, 1.54) is 36.9 Å². The second-order valence-electron chi connectivity index (χ2n) is 5.91. The molecule has 0 aliphatic heterocycles. The van der Waals surface area contributed by atoms with Crippen LogP contribution in [0.5, 0.6) is 0 Å². The van der Waals surface area contributed by atoms with Crippen LogP contribution < -0.4 is 5.32 Å². The largest absolute Gasteiger partial charge is 0.383 e. The number of aryl methyl sites for hydroxylation is 1. The summed E-state index contributed by atoms with van der Waals surface area (Å²) in [4.78, 5) is 4.56. The first kappa shape index (κ1) is 13.6. The topological polar surface area (TPSA) is 24.9 Å². The van der Waals surface area contributed by atoms with E-state index >= 15 is 0 Å². The van der Waals surface area contributed by atoms with Crippen molar-refractivity contribution in [3.8, 4) is 11.3 Å². The van der Waals surface area contributed by atoms with Crippen LogP contribution in [0, 0.1) is 12.8 Å². The average Bonchev–Trinajstić information content (AvgIpc) is 2.81. The number of aromatic nitrogens is 1. The highest BCUT2D eigenvalue weighted by molar-refractivity contribution is 7.09. The smallest absolute Gasteiger partial charge is 0.0901 e. The Balaban J connectivity index is 1.67. The lowest BCUT2D eigenvalue weighted by Gasteiger charge is -2.29. The van der Waals surface area contributed by atoms with Gasteiger partial charge in [-0.05, 0) is 38.3 Å². The third-order valence-electron chi connectivity index (χ3n) is 4.10. The van der Waals surface area contributed by atoms with Crippen molar-refractivity contribution in [1.82, 2.24) is 4.98 Å². The van der Waals surface area contributed by atoms with Gasteiger partial charge in [0.25, 0.3) is 0 Å². The van der Waals surface area contributed by atoms with Crippen LogP contribution in [0.15, 0.2) is 29.6 Å². The van der Waals surface area contributed by atoms with Crippen molar-refractivity contribution in [2.75, 3.05) is 5.32 Å². The first-order chi connectivity index (χ1) is 9.70. The fraction of sp³-hybridized carbons (Fsp3) is 0.471. The van der Waals surface area contributed by atoms with Crippen LogP contribution in [0.1, 0.15) is 37.6 Å². The minimum absolute atomic E-state index is 0.549. The summed E-state index contributed by atoms with van der Waals surface area (Å²) >= 11 is 1.71. The zero-order valence-corrected chi connectivity index (χ0v) is 13.0. The summed E-state index contributed by atoms with van der Waals surface area (Å²) in [5.41, 5.74) is 3.50. The van der Waals surface area contributed by atoms with Gasteiger partial charge in [-0.2, -0.15) is 0 Å². The normalized spacial score (nSPS) is 16.7. The molecule has 3 heteroatoms. The summed E-state index contributed by atoms with van der Waals surface area (Å²) in [6, 6.07) is 9.16. The minimum atomic E-state index is 0.549. The molecule has 106 valence electrons. The highest BCUT2D eigenvalue weighted by Gasteiger charge is 2.19. The molecule has 0 amide bonds. The van der Waals surface area contributed by atoms with E-state index in [1.807, 2.05) is 0 Å². The molecule has 0 radical (unpaired) electrons. The second-order valence-corrected chi connectivity index (χ2v) is 6.97. The molecular formula is C17H22N2S. The second kappa shape index (κ2) is 5.96. The Morgan fingerprint density at radius 2 is 2.25 bits per heavy atom. The molecule has 1 unspecified atom stereocenters. The molecule has 0 spiro atoms. The molecule has 3 rings (SSSR count).